The Balaban J connectivity index is 2.32. The molecule has 108 valence electrons. The molecule has 5 nitrogen and oxygen atoms in total. The van der Waals surface area contributed by atoms with Gasteiger partial charge in [0.15, 0.2) is 0 Å². The van der Waals surface area contributed by atoms with Crippen molar-refractivity contribution in [2.24, 2.45) is 5.92 Å². The van der Waals surface area contributed by atoms with Crippen molar-refractivity contribution in [3.05, 3.63) is 60.4 Å². The Kier molecular flexibility index (Phi) is 4.66. The number of hydrogen-bond acceptors (Lipinski definition) is 3. The predicted octanol–water partition coefficient (Wildman–Crippen LogP) is 2.45. The molecule has 1 N–H and O–H groups in total. The van der Waals surface area contributed by atoms with Gasteiger partial charge in [0.05, 0.1) is 5.92 Å². The molecule has 1 atom stereocenters. The highest BCUT2D eigenvalue weighted by molar-refractivity contribution is 6.06. The van der Waals surface area contributed by atoms with E-state index in [1.54, 1.807) is 31.2 Å². The number of anilines is 1. The van der Waals surface area contributed by atoms with E-state index in [1.807, 2.05) is 18.2 Å². The number of pyridine rings is 1. The number of rotatable bonds is 5. The average Bonchev–Trinajstić information content (AvgIpc) is 2.53. The van der Waals surface area contributed by atoms with Crippen molar-refractivity contribution in [1.82, 2.24) is 4.98 Å². The maximum Gasteiger partial charge on any atom is 0.308 e. The summed E-state index contributed by atoms with van der Waals surface area (Å²) >= 11 is 0. The highest BCUT2D eigenvalue weighted by Crippen LogP contribution is 2.18. The van der Waals surface area contributed by atoms with Crippen LogP contribution in [-0.2, 0) is 4.79 Å². The number of para-hydroxylation sites is 1. The number of benzene rings is 1. The largest absolute Gasteiger partial charge is 0.481 e. The second-order valence-corrected chi connectivity index (χ2v) is 4.73. The number of amides is 1. The number of hydrogen-bond donors (Lipinski definition) is 1. The molecule has 0 saturated heterocycles. The van der Waals surface area contributed by atoms with E-state index in [4.69, 9.17) is 5.11 Å². The van der Waals surface area contributed by atoms with Gasteiger partial charge in [-0.15, -0.1) is 0 Å². The van der Waals surface area contributed by atoms with E-state index < -0.39 is 11.9 Å². The van der Waals surface area contributed by atoms with E-state index in [9.17, 15) is 9.59 Å². The van der Waals surface area contributed by atoms with Gasteiger partial charge < -0.3 is 10.0 Å². The van der Waals surface area contributed by atoms with E-state index in [-0.39, 0.29) is 12.5 Å². The molecule has 0 spiro atoms. The molecule has 1 amide bonds. The standard InChI is InChI=1S/C16H16N2O3/c1-12(16(20)21)11-18(14-5-3-2-4-6-14)15(19)13-7-9-17-10-8-13/h2-10,12H,11H2,1H3,(H,20,21). The number of aliphatic carboxylic acids is 1. The monoisotopic (exact) mass is 284 g/mol. The number of carbonyl (C=O) groups excluding carboxylic acids is 1. The van der Waals surface area contributed by atoms with Gasteiger partial charge in [0, 0.05) is 30.2 Å². The minimum atomic E-state index is -0.932. The van der Waals surface area contributed by atoms with Gasteiger partial charge in [-0.1, -0.05) is 25.1 Å². The van der Waals surface area contributed by atoms with Gasteiger partial charge in [0.2, 0.25) is 0 Å². The zero-order valence-corrected chi connectivity index (χ0v) is 11.6. The van der Waals surface area contributed by atoms with Crippen LogP contribution in [0.2, 0.25) is 0 Å². The van der Waals surface area contributed by atoms with Gasteiger partial charge in [-0.2, -0.15) is 0 Å². The Morgan fingerprint density at radius 1 is 1.14 bits per heavy atom. The molecule has 2 rings (SSSR count). The third-order valence-corrected chi connectivity index (χ3v) is 3.12. The fourth-order valence-corrected chi connectivity index (χ4v) is 1.92. The lowest BCUT2D eigenvalue weighted by molar-refractivity contribution is -0.140. The molecule has 1 aromatic heterocycles. The van der Waals surface area contributed by atoms with Crippen LogP contribution in [-0.4, -0.2) is 28.5 Å². The van der Waals surface area contributed by atoms with Crippen molar-refractivity contribution < 1.29 is 14.7 Å². The number of carbonyl (C=O) groups is 2. The summed E-state index contributed by atoms with van der Waals surface area (Å²) in [5.41, 5.74) is 1.15. The van der Waals surface area contributed by atoms with Crippen LogP contribution in [0.25, 0.3) is 0 Å². The second kappa shape index (κ2) is 6.65. The molecule has 0 bridgehead atoms. The van der Waals surface area contributed by atoms with E-state index >= 15 is 0 Å². The minimum Gasteiger partial charge on any atom is -0.481 e. The molecule has 21 heavy (non-hydrogen) atoms. The maximum atomic E-state index is 12.6. The lowest BCUT2D eigenvalue weighted by Crippen LogP contribution is -2.37. The first-order chi connectivity index (χ1) is 10.1. The summed E-state index contributed by atoms with van der Waals surface area (Å²) in [5, 5.41) is 9.08. The molecule has 0 aliphatic heterocycles. The molecule has 0 radical (unpaired) electrons. The van der Waals surface area contributed by atoms with Crippen LogP contribution in [0.15, 0.2) is 54.9 Å². The van der Waals surface area contributed by atoms with Crippen molar-refractivity contribution in [3.63, 3.8) is 0 Å². The lowest BCUT2D eigenvalue weighted by atomic mass is 10.1. The first-order valence-corrected chi connectivity index (χ1v) is 6.59. The third kappa shape index (κ3) is 3.66. The van der Waals surface area contributed by atoms with Crippen LogP contribution in [0.3, 0.4) is 0 Å². The summed E-state index contributed by atoms with van der Waals surface area (Å²) in [6.07, 6.45) is 3.08. The van der Waals surface area contributed by atoms with Crippen LogP contribution < -0.4 is 4.90 Å². The molecule has 1 aromatic carbocycles. The van der Waals surface area contributed by atoms with Crippen LogP contribution in [0.5, 0.6) is 0 Å². The predicted molar refractivity (Wildman–Crippen MR) is 79.2 cm³/mol. The Morgan fingerprint density at radius 3 is 2.33 bits per heavy atom. The van der Waals surface area contributed by atoms with Gasteiger partial charge in [-0.3, -0.25) is 14.6 Å². The van der Waals surface area contributed by atoms with E-state index in [2.05, 4.69) is 4.98 Å². The summed E-state index contributed by atoms with van der Waals surface area (Å²) in [6.45, 7) is 1.69. The highest BCUT2D eigenvalue weighted by Gasteiger charge is 2.22. The van der Waals surface area contributed by atoms with Gasteiger partial charge in [-0.05, 0) is 24.3 Å². The molecule has 1 unspecified atom stereocenters. The lowest BCUT2D eigenvalue weighted by Gasteiger charge is -2.24. The SMILES string of the molecule is CC(CN(C(=O)c1ccncc1)c1ccccc1)C(=O)O. The van der Waals surface area contributed by atoms with E-state index in [0.29, 0.717) is 11.3 Å². The van der Waals surface area contributed by atoms with E-state index in [0.717, 1.165) is 0 Å². The highest BCUT2D eigenvalue weighted by atomic mass is 16.4. The zero-order valence-electron chi connectivity index (χ0n) is 11.6. The molecular formula is C16H16N2O3. The number of carboxylic acids is 1. The summed E-state index contributed by atoms with van der Waals surface area (Å²) in [6, 6.07) is 12.3. The van der Waals surface area contributed by atoms with Gasteiger partial charge in [0.1, 0.15) is 0 Å². The minimum absolute atomic E-state index is 0.112. The fraction of sp³-hybridized carbons (Fsp3) is 0.188. The average molecular weight is 284 g/mol. The van der Waals surface area contributed by atoms with Gasteiger partial charge in [0.25, 0.3) is 5.91 Å². The zero-order chi connectivity index (χ0) is 15.2. The van der Waals surface area contributed by atoms with Crippen LogP contribution >= 0.6 is 0 Å². The van der Waals surface area contributed by atoms with Crippen molar-refractivity contribution in [2.45, 2.75) is 6.92 Å². The molecule has 0 saturated carbocycles. The number of nitrogens with zero attached hydrogens (tertiary/aromatic N) is 2. The summed E-state index contributed by atoms with van der Waals surface area (Å²) in [5.74, 6) is -1.83. The molecule has 2 aromatic rings. The molecule has 0 aliphatic carbocycles. The second-order valence-electron chi connectivity index (χ2n) is 4.73. The summed E-state index contributed by atoms with van der Waals surface area (Å²) in [7, 11) is 0. The Hall–Kier alpha value is -2.69. The molecule has 5 heteroatoms. The number of carboxylic acid groups (broad SMARTS) is 1. The first kappa shape index (κ1) is 14.7. The topological polar surface area (TPSA) is 70.5 Å². The van der Waals surface area contributed by atoms with Crippen LogP contribution in [0.1, 0.15) is 17.3 Å². The molecule has 1 heterocycles. The van der Waals surface area contributed by atoms with Gasteiger partial charge in [-0.25, -0.2) is 0 Å². The van der Waals surface area contributed by atoms with Gasteiger partial charge >= 0.3 is 5.97 Å². The molecule has 0 fully saturated rings. The normalized spacial score (nSPS) is 11.7. The van der Waals surface area contributed by atoms with Crippen molar-refractivity contribution >= 4 is 17.6 Å². The third-order valence-electron chi connectivity index (χ3n) is 3.12. The molecular weight excluding hydrogens is 268 g/mol. The Labute approximate surface area is 122 Å². The number of aromatic nitrogens is 1. The van der Waals surface area contributed by atoms with Crippen molar-refractivity contribution in [3.8, 4) is 0 Å². The Bertz CT molecular complexity index is 614. The first-order valence-electron chi connectivity index (χ1n) is 6.59. The Morgan fingerprint density at radius 2 is 1.76 bits per heavy atom. The summed E-state index contributed by atoms with van der Waals surface area (Å²) in [4.78, 5) is 29.1. The van der Waals surface area contributed by atoms with E-state index in [1.165, 1.54) is 17.3 Å². The fourth-order valence-electron chi connectivity index (χ4n) is 1.92. The summed E-state index contributed by atoms with van der Waals surface area (Å²) < 4.78 is 0. The maximum absolute atomic E-state index is 12.6. The smallest absolute Gasteiger partial charge is 0.308 e. The molecule has 0 aliphatic rings. The quantitative estimate of drug-likeness (QED) is 0.915. The van der Waals surface area contributed by atoms with Crippen LogP contribution in [0.4, 0.5) is 5.69 Å². The van der Waals surface area contributed by atoms with Crippen LogP contribution in [0, 0.1) is 5.92 Å². The van der Waals surface area contributed by atoms with Crippen molar-refractivity contribution in [1.29, 1.82) is 0 Å². The van der Waals surface area contributed by atoms with Crippen molar-refractivity contribution in [2.75, 3.05) is 11.4 Å².